The van der Waals surface area contributed by atoms with E-state index in [1.165, 1.54) is 0 Å². The van der Waals surface area contributed by atoms with E-state index in [4.69, 9.17) is 10.2 Å². The largest absolute Gasteiger partial charge is 0.466 e. The standard InChI is InChI=1S/C15H23N3O3.ClH/c1-10(16)8-14(19)17-4-6-18(7-5-17)15(20)13-9-11(2)21-12(13)3;/h9-10H,4-8,16H2,1-3H3;1H. The quantitative estimate of drug-likeness (QED) is 0.907. The second-order valence-corrected chi connectivity index (χ2v) is 5.68. The van der Waals surface area contributed by atoms with Gasteiger partial charge in [-0.05, 0) is 26.8 Å². The number of hydrogen-bond acceptors (Lipinski definition) is 4. The number of nitrogens with zero attached hydrogens (tertiary/aromatic N) is 2. The Morgan fingerprint density at radius 2 is 1.77 bits per heavy atom. The van der Waals surface area contributed by atoms with Gasteiger partial charge in [0.1, 0.15) is 11.5 Å². The van der Waals surface area contributed by atoms with Gasteiger partial charge in [-0.25, -0.2) is 0 Å². The molecule has 2 rings (SSSR count). The van der Waals surface area contributed by atoms with Crippen LogP contribution in [0, 0.1) is 13.8 Å². The van der Waals surface area contributed by atoms with E-state index in [-0.39, 0.29) is 30.3 Å². The number of furan rings is 1. The van der Waals surface area contributed by atoms with Crippen LogP contribution in [0.3, 0.4) is 0 Å². The summed E-state index contributed by atoms with van der Waals surface area (Å²) < 4.78 is 5.40. The lowest BCUT2D eigenvalue weighted by Crippen LogP contribution is -2.51. The molecule has 1 saturated heterocycles. The van der Waals surface area contributed by atoms with Gasteiger partial charge in [-0.1, -0.05) is 0 Å². The molecule has 1 aromatic rings. The minimum absolute atomic E-state index is 0. The zero-order chi connectivity index (χ0) is 15.6. The van der Waals surface area contributed by atoms with Crippen LogP contribution in [-0.2, 0) is 4.79 Å². The van der Waals surface area contributed by atoms with Crippen LogP contribution < -0.4 is 5.73 Å². The van der Waals surface area contributed by atoms with Crippen LogP contribution in [-0.4, -0.2) is 53.8 Å². The second-order valence-electron chi connectivity index (χ2n) is 5.68. The fraction of sp³-hybridized carbons (Fsp3) is 0.600. The number of rotatable bonds is 3. The average Bonchev–Trinajstić information content (AvgIpc) is 2.76. The number of piperazine rings is 1. The van der Waals surface area contributed by atoms with E-state index >= 15 is 0 Å². The van der Waals surface area contributed by atoms with Crippen molar-refractivity contribution in [1.29, 1.82) is 0 Å². The Morgan fingerprint density at radius 1 is 1.23 bits per heavy atom. The van der Waals surface area contributed by atoms with Crippen molar-refractivity contribution in [2.24, 2.45) is 5.73 Å². The van der Waals surface area contributed by atoms with Gasteiger partial charge in [-0.3, -0.25) is 9.59 Å². The Bertz CT molecular complexity index is 534. The molecule has 7 heteroatoms. The number of aryl methyl sites for hydroxylation is 2. The highest BCUT2D eigenvalue weighted by Crippen LogP contribution is 2.17. The molecule has 1 aliphatic heterocycles. The third-order valence-electron chi connectivity index (χ3n) is 3.69. The zero-order valence-electron chi connectivity index (χ0n) is 13.3. The maximum atomic E-state index is 12.4. The highest BCUT2D eigenvalue weighted by molar-refractivity contribution is 5.95. The number of nitrogens with two attached hydrogens (primary N) is 1. The Morgan fingerprint density at radius 3 is 2.23 bits per heavy atom. The molecule has 2 heterocycles. The van der Waals surface area contributed by atoms with Crippen LogP contribution in [0.15, 0.2) is 10.5 Å². The molecule has 124 valence electrons. The summed E-state index contributed by atoms with van der Waals surface area (Å²) in [5.74, 6) is 1.42. The van der Waals surface area contributed by atoms with Crippen molar-refractivity contribution >= 4 is 24.2 Å². The number of carbonyl (C=O) groups is 2. The van der Waals surface area contributed by atoms with Gasteiger partial charge in [0.15, 0.2) is 0 Å². The van der Waals surface area contributed by atoms with Crippen molar-refractivity contribution in [1.82, 2.24) is 9.80 Å². The third kappa shape index (κ3) is 4.24. The van der Waals surface area contributed by atoms with Gasteiger partial charge >= 0.3 is 0 Å². The van der Waals surface area contributed by atoms with Gasteiger partial charge in [-0.15, -0.1) is 12.4 Å². The first-order valence-corrected chi connectivity index (χ1v) is 7.28. The van der Waals surface area contributed by atoms with E-state index in [2.05, 4.69) is 0 Å². The monoisotopic (exact) mass is 329 g/mol. The maximum absolute atomic E-state index is 12.4. The molecule has 1 fully saturated rings. The van der Waals surface area contributed by atoms with Crippen molar-refractivity contribution < 1.29 is 14.0 Å². The fourth-order valence-corrected chi connectivity index (χ4v) is 2.58. The Hall–Kier alpha value is -1.53. The Labute approximate surface area is 137 Å². The van der Waals surface area contributed by atoms with Crippen molar-refractivity contribution in [2.45, 2.75) is 33.2 Å². The molecule has 0 radical (unpaired) electrons. The summed E-state index contributed by atoms with van der Waals surface area (Å²) in [5.41, 5.74) is 6.26. The molecule has 0 spiro atoms. The molecule has 2 N–H and O–H groups in total. The minimum Gasteiger partial charge on any atom is -0.466 e. The molecule has 0 bridgehead atoms. The summed E-state index contributed by atoms with van der Waals surface area (Å²) in [6.45, 7) is 7.67. The number of hydrogen-bond donors (Lipinski definition) is 1. The van der Waals surface area contributed by atoms with Crippen LogP contribution in [0.4, 0.5) is 0 Å². The van der Waals surface area contributed by atoms with Crippen LogP contribution in [0.1, 0.15) is 35.2 Å². The van der Waals surface area contributed by atoms with Crippen molar-refractivity contribution in [2.75, 3.05) is 26.2 Å². The Kier molecular flexibility index (Phi) is 6.44. The molecule has 1 unspecified atom stereocenters. The van der Waals surface area contributed by atoms with E-state index in [0.29, 0.717) is 43.9 Å². The normalized spacial score (nSPS) is 16.2. The number of amides is 2. The lowest BCUT2D eigenvalue weighted by atomic mass is 10.1. The molecule has 1 atom stereocenters. The van der Waals surface area contributed by atoms with Crippen LogP contribution in [0.25, 0.3) is 0 Å². The summed E-state index contributed by atoms with van der Waals surface area (Å²) >= 11 is 0. The molecule has 2 amide bonds. The zero-order valence-corrected chi connectivity index (χ0v) is 14.1. The lowest BCUT2D eigenvalue weighted by Gasteiger charge is -2.35. The number of carbonyl (C=O) groups excluding carboxylic acids is 2. The van der Waals surface area contributed by atoms with Crippen LogP contribution >= 0.6 is 12.4 Å². The van der Waals surface area contributed by atoms with E-state index in [0.717, 1.165) is 5.76 Å². The lowest BCUT2D eigenvalue weighted by molar-refractivity contribution is -0.132. The second kappa shape index (κ2) is 7.65. The van der Waals surface area contributed by atoms with Crippen molar-refractivity contribution in [3.8, 4) is 0 Å². The average molecular weight is 330 g/mol. The fourth-order valence-electron chi connectivity index (χ4n) is 2.58. The van der Waals surface area contributed by atoms with Gasteiger partial charge in [0.2, 0.25) is 5.91 Å². The Balaban J connectivity index is 0.00000242. The van der Waals surface area contributed by atoms with Gasteiger partial charge < -0.3 is 20.0 Å². The molecule has 1 aromatic heterocycles. The predicted molar refractivity (Wildman–Crippen MR) is 86.2 cm³/mol. The van der Waals surface area contributed by atoms with Crippen LogP contribution in [0.2, 0.25) is 0 Å². The topological polar surface area (TPSA) is 79.8 Å². The summed E-state index contributed by atoms with van der Waals surface area (Å²) in [7, 11) is 0. The summed E-state index contributed by atoms with van der Waals surface area (Å²) in [4.78, 5) is 27.9. The highest BCUT2D eigenvalue weighted by atomic mass is 35.5. The molecular weight excluding hydrogens is 306 g/mol. The first kappa shape index (κ1) is 18.5. The maximum Gasteiger partial charge on any atom is 0.257 e. The molecule has 1 aliphatic rings. The summed E-state index contributed by atoms with van der Waals surface area (Å²) in [6, 6.07) is 1.64. The van der Waals surface area contributed by atoms with Gasteiger partial charge in [-0.2, -0.15) is 0 Å². The molecule has 0 aromatic carbocycles. The highest BCUT2D eigenvalue weighted by Gasteiger charge is 2.26. The van der Waals surface area contributed by atoms with Gasteiger partial charge in [0.05, 0.1) is 5.56 Å². The van der Waals surface area contributed by atoms with E-state index in [1.807, 2.05) is 13.8 Å². The molecule has 0 aliphatic carbocycles. The molecule has 22 heavy (non-hydrogen) atoms. The summed E-state index contributed by atoms with van der Waals surface area (Å²) in [6.07, 6.45) is 0.355. The predicted octanol–water partition coefficient (Wildman–Crippen LogP) is 1.34. The first-order chi connectivity index (χ1) is 9.88. The van der Waals surface area contributed by atoms with E-state index in [9.17, 15) is 9.59 Å². The molecule has 0 saturated carbocycles. The van der Waals surface area contributed by atoms with Crippen LogP contribution in [0.5, 0.6) is 0 Å². The smallest absolute Gasteiger partial charge is 0.257 e. The first-order valence-electron chi connectivity index (χ1n) is 7.28. The van der Waals surface area contributed by atoms with E-state index in [1.54, 1.807) is 22.8 Å². The third-order valence-corrected chi connectivity index (χ3v) is 3.69. The van der Waals surface area contributed by atoms with Gasteiger partial charge in [0.25, 0.3) is 5.91 Å². The molecular formula is C15H24ClN3O3. The van der Waals surface area contributed by atoms with Crippen molar-refractivity contribution in [3.05, 3.63) is 23.2 Å². The van der Waals surface area contributed by atoms with E-state index < -0.39 is 0 Å². The van der Waals surface area contributed by atoms with Gasteiger partial charge in [0, 0.05) is 38.6 Å². The molecule has 6 nitrogen and oxygen atoms in total. The number of halogens is 1. The van der Waals surface area contributed by atoms with Crippen molar-refractivity contribution in [3.63, 3.8) is 0 Å². The SMILES string of the molecule is Cc1cc(C(=O)N2CCN(C(=O)CC(C)N)CC2)c(C)o1.Cl. The minimum atomic E-state index is -0.131. The summed E-state index contributed by atoms with van der Waals surface area (Å²) in [5, 5.41) is 0.